The van der Waals surface area contributed by atoms with E-state index in [9.17, 15) is 14.4 Å². The number of rotatable bonds is 8. The fourth-order valence-electron chi connectivity index (χ4n) is 3.56. The fraction of sp³-hybridized carbons (Fsp3) is 0.478. The molecular formula is C23H30N4O5S. The van der Waals surface area contributed by atoms with Gasteiger partial charge in [0.2, 0.25) is 5.91 Å². The molecule has 1 aliphatic carbocycles. The zero-order valence-electron chi connectivity index (χ0n) is 19.0. The molecule has 1 atom stereocenters. The van der Waals surface area contributed by atoms with Gasteiger partial charge in [0.15, 0.2) is 6.29 Å². The van der Waals surface area contributed by atoms with Crippen LogP contribution in [0, 0.1) is 0 Å². The first-order chi connectivity index (χ1) is 16.0. The van der Waals surface area contributed by atoms with E-state index >= 15 is 0 Å². The third-order valence-electron chi connectivity index (χ3n) is 5.28. The number of nitrogens with one attached hydrogen (secondary N) is 2. The van der Waals surface area contributed by atoms with Gasteiger partial charge in [-0.05, 0) is 30.7 Å². The predicted molar refractivity (Wildman–Crippen MR) is 129 cm³/mol. The molecule has 2 aliphatic rings. The van der Waals surface area contributed by atoms with E-state index in [-0.39, 0.29) is 24.3 Å². The third kappa shape index (κ3) is 7.06. The van der Waals surface area contributed by atoms with Crippen molar-refractivity contribution in [1.29, 1.82) is 0 Å². The number of methoxy groups -OCH3 is 1. The second-order valence-electron chi connectivity index (χ2n) is 7.70. The molecule has 1 unspecified atom stereocenters. The van der Waals surface area contributed by atoms with Crippen molar-refractivity contribution in [3.05, 3.63) is 41.1 Å². The van der Waals surface area contributed by atoms with Gasteiger partial charge in [-0.1, -0.05) is 0 Å². The average Bonchev–Trinajstić information content (AvgIpc) is 3.14. The van der Waals surface area contributed by atoms with Gasteiger partial charge in [0, 0.05) is 51.2 Å². The van der Waals surface area contributed by atoms with Crippen LogP contribution in [0.4, 0.5) is 5.69 Å². The Morgan fingerprint density at radius 1 is 1.45 bits per heavy atom. The molecule has 33 heavy (non-hydrogen) atoms. The van der Waals surface area contributed by atoms with Crippen LogP contribution in [-0.2, 0) is 26.1 Å². The summed E-state index contributed by atoms with van der Waals surface area (Å²) in [6.07, 6.45) is 7.72. The smallest absolute Gasteiger partial charge is 0.253 e. The first kappa shape index (κ1) is 24.8. The first-order valence-electron chi connectivity index (χ1n) is 10.9. The normalized spacial score (nSPS) is 20.1. The van der Waals surface area contributed by atoms with Gasteiger partial charge in [-0.2, -0.15) is 11.8 Å². The van der Waals surface area contributed by atoms with Crippen molar-refractivity contribution in [3.63, 3.8) is 0 Å². The van der Waals surface area contributed by atoms with E-state index < -0.39 is 0 Å². The molecule has 0 aromatic carbocycles. The third-order valence-corrected chi connectivity index (χ3v) is 6.24. The quantitative estimate of drug-likeness (QED) is 0.442. The van der Waals surface area contributed by atoms with Crippen LogP contribution in [0.5, 0.6) is 0 Å². The summed E-state index contributed by atoms with van der Waals surface area (Å²) in [6.45, 7) is 0.974. The number of aldehydes is 1. The van der Waals surface area contributed by atoms with Crippen molar-refractivity contribution in [2.45, 2.75) is 31.8 Å². The number of aliphatic imine (C=N–C) groups is 1. The Labute approximate surface area is 197 Å². The lowest BCUT2D eigenvalue weighted by atomic mass is 9.98. The summed E-state index contributed by atoms with van der Waals surface area (Å²) in [5, 5.41) is 5.73. The standard InChI is InChI=1S/C23H30N4O5S/c1-27-14-16(11-17(27)15-28)26-22(29)5-3-8-32-21-13-19-18(12-20(21)31-2)23(30)25-6-4-9-33-10-7-24-19/h7,11-12,14-15,21H,3-6,8-10,13H2,1-2H3,(H,25,30)(H,26,29)/b24-7-. The Morgan fingerprint density at radius 2 is 2.30 bits per heavy atom. The molecular weight excluding hydrogens is 444 g/mol. The maximum atomic E-state index is 12.6. The highest BCUT2D eigenvalue weighted by Crippen LogP contribution is 2.28. The molecule has 0 saturated heterocycles. The van der Waals surface area contributed by atoms with Gasteiger partial charge < -0.3 is 24.7 Å². The first-order valence-corrected chi connectivity index (χ1v) is 12.1. The molecule has 0 bridgehead atoms. The van der Waals surface area contributed by atoms with Crippen molar-refractivity contribution in [1.82, 2.24) is 9.88 Å². The number of amides is 2. The molecule has 2 amide bonds. The van der Waals surface area contributed by atoms with Gasteiger partial charge in [-0.15, -0.1) is 0 Å². The van der Waals surface area contributed by atoms with Gasteiger partial charge in [0.05, 0.1) is 29.8 Å². The van der Waals surface area contributed by atoms with Crippen LogP contribution in [0.3, 0.4) is 0 Å². The van der Waals surface area contributed by atoms with E-state index in [1.807, 2.05) is 6.21 Å². The van der Waals surface area contributed by atoms with E-state index in [4.69, 9.17) is 9.47 Å². The molecule has 9 nitrogen and oxygen atoms in total. The molecule has 0 saturated carbocycles. The molecule has 0 spiro atoms. The monoisotopic (exact) mass is 474 g/mol. The Kier molecular flexibility index (Phi) is 9.32. The van der Waals surface area contributed by atoms with Crippen LogP contribution in [0.25, 0.3) is 0 Å². The van der Waals surface area contributed by atoms with Crippen molar-refractivity contribution < 1.29 is 23.9 Å². The average molecular weight is 475 g/mol. The zero-order chi connectivity index (χ0) is 23.6. The Balaban J connectivity index is 1.54. The van der Waals surface area contributed by atoms with Crippen LogP contribution in [0.1, 0.15) is 36.2 Å². The Morgan fingerprint density at radius 3 is 3.06 bits per heavy atom. The maximum Gasteiger partial charge on any atom is 0.253 e. The predicted octanol–water partition coefficient (Wildman–Crippen LogP) is 2.45. The van der Waals surface area contributed by atoms with Gasteiger partial charge in [-0.3, -0.25) is 19.4 Å². The van der Waals surface area contributed by atoms with Crippen molar-refractivity contribution in [2.75, 3.05) is 37.1 Å². The number of hydrogen-bond acceptors (Lipinski definition) is 7. The number of aromatic nitrogens is 1. The number of aryl methyl sites for hydroxylation is 1. The number of hydrogen-bond donors (Lipinski definition) is 2. The number of carbonyl (C=O) groups is 3. The lowest BCUT2D eigenvalue weighted by molar-refractivity contribution is -0.118. The SMILES string of the molecule is COC1=CC2=C(CC1OCCCC(=O)Nc1cc(C=O)n(C)c1)/N=C\CSCCCNC2=O. The number of nitrogens with zero attached hydrogens (tertiary/aromatic N) is 2. The van der Waals surface area contributed by atoms with E-state index in [2.05, 4.69) is 15.6 Å². The Hall–Kier alpha value is -2.85. The van der Waals surface area contributed by atoms with Crippen molar-refractivity contribution in [3.8, 4) is 0 Å². The number of ether oxygens (including phenoxy) is 2. The molecule has 178 valence electrons. The summed E-state index contributed by atoms with van der Waals surface area (Å²) < 4.78 is 13.1. The highest BCUT2D eigenvalue weighted by atomic mass is 32.2. The summed E-state index contributed by atoms with van der Waals surface area (Å²) in [6, 6.07) is 1.63. The highest BCUT2D eigenvalue weighted by molar-refractivity contribution is 7.99. The summed E-state index contributed by atoms with van der Waals surface area (Å²) >= 11 is 1.78. The maximum absolute atomic E-state index is 12.6. The largest absolute Gasteiger partial charge is 0.498 e. The molecule has 1 aliphatic heterocycles. The van der Waals surface area contributed by atoms with Crippen LogP contribution in [0.2, 0.25) is 0 Å². The topological polar surface area (TPSA) is 111 Å². The molecule has 1 aromatic rings. The molecule has 2 N–H and O–H groups in total. The van der Waals surface area contributed by atoms with Gasteiger partial charge >= 0.3 is 0 Å². The molecule has 1 aromatic heterocycles. The minimum absolute atomic E-state index is 0.153. The van der Waals surface area contributed by atoms with E-state index in [0.29, 0.717) is 54.4 Å². The van der Waals surface area contributed by atoms with Crippen LogP contribution < -0.4 is 10.6 Å². The van der Waals surface area contributed by atoms with Crippen LogP contribution in [-0.4, -0.2) is 66.8 Å². The fourth-order valence-corrected chi connectivity index (χ4v) is 4.25. The molecule has 0 fully saturated rings. The lowest BCUT2D eigenvalue weighted by Crippen LogP contribution is -2.30. The van der Waals surface area contributed by atoms with Gasteiger partial charge in [-0.25, -0.2) is 0 Å². The highest BCUT2D eigenvalue weighted by Gasteiger charge is 2.28. The number of carbonyl (C=O) groups excluding carboxylic acids is 3. The van der Waals surface area contributed by atoms with E-state index in [1.165, 1.54) is 0 Å². The minimum atomic E-state index is -0.371. The van der Waals surface area contributed by atoms with Gasteiger partial charge in [0.1, 0.15) is 11.9 Å². The summed E-state index contributed by atoms with van der Waals surface area (Å²) in [5.41, 5.74) is 2.26. The molecule has 2 heterocycles. The summed E-state index contributed by atoms with van der Waals surface area (Å²) in [7, 11) is 3.30. The number of anilines is 1. The second-order valence-corrected chi connectivity index (χ2v) is 8.85. The van der Waals surface area contributed by atoms with Crippen LogP contribution >= 0.6 is 11.8 Å². The van der Waals surface area contributed by atoms with Crippen molar-refractivity contribution >= 4 is 41.8 Å². The van der Waals surface area contributed by atoms with E-state index in [0.717, 1.165) is 24.2 Å². The van der Waals surface area contributed by atoms with E-state index in [1.54, 1.807) is 48.8 Å². The minimum Gasteiger partial charge on any atom is -0.498 e. The van der Waals surface area contributed by atoms with Crippen molar-refractivity contribution in [2.24, 2.45) is 12.0 Å². The summed E-state index contributed by atoms with van der Waals surface area (Å²) in [5.74, 6) is 2.02. The molecule has 3 rings (SSSR count). The van der Waals surface area contributed by atoms with Gasteiger partial charge in [0.25, 0.3) is 5.91 Å². The summed E-state index contributed by atoms with van der Waals surface area (Å²) in [4.78, 5) is 40.3. The zero-order valence-corrected chi connectivity index (χ0v) is 19.8. The second kappa shape index (κ2) is 12.4. The number of thioether (sulfide) groups is 1. The molecule has 10 heteroatoms. The van der Waals surface area contributed by atoms with Crippen LogP contribution in [0.15, 0.2) is 40.4 Å². The molecule has 0 radical (unpaired) electrons. The lowest BCUT2D eigenvalue weighted by Gasteiger charge is -2.25. The Bertz CT molecular complexity index is 966.